The first kappa shape index (κ1) is 11.0. The predicted molar refractivity (Wildman–Crippen MR) is 58.8 cm³/mol. The molecule has 0 fully saturated rings. The van der Waals surface area contributed by atoms with E-state index in [4.69, 9.17) is 9.84 Å². The Labute approximate surface area is 96.9 Å². The van der Waals surface area contributed by atoms with Gasteiger partial charge in [-0.2, -0.15) is 0 Å². The lowest BCUT2D eigenvalue weighted by Gasteiger charge is -2.05. The number of carboxylic acids is 1. The number of methoxy groups -OCH3 is 1. The van der Waals surface area contributed by atoms with E-state index in [0.717, 1.165) is 0 Å². The van der Waals surface area contributed by atoms with E-state index < -0.39 is 5.97 Å². The SMILES string of the molecule is COc1nccnc1-c1ccc(C(=O)O)nc1. The maximum absolute atomic E-state index is 10.7. The van der Waals surface area contributed by atoms with Gasteiger partial charge in [0, 0.05) is 24.2 Å². The Bertz CT molecular complexity index is 540. The standard InChI is InChI=1S/C11H9N3O3/c1-17-10-9(12-4-5-13-10)7-2-3-8(11(15)16)14-6-7/h2-6H,1H3,(H,15,16). The van der Waals surface area contributed by atoms with Gasteiger partial charge in [-0.1, -0.05) is 0 Å². The number of aromatic carboxylic acids is 1. The average molecular weight is 231 g/mol. The van der Waals surface area contributed by atoms with Crippen molar-refractivity contribution >= 4 is 5.97 Å². The molecule has 0 saturated heterocycles. The molecular formula is C11H9N3O3. The van der Waals surface area contributed by atoms with Crippen molar-refractivity contribution in [3.8, 4) is 17.1 Å². The molecule has 6 nitrogen and oxygen atoms in total. The maximum Gasteiger partial charge on any atom is 0.354 e. The summed E-state index contributed by atoms with van der Waals surface area (Å²) in [6.45, 7) is 0. The zero-order valence-electron chi connectivity index (χ0n) is 8.99. The highest BCUT2D eigenvalue weighted by molar-refractivity contribution is 5.85. The fraction of sp³-hybridized carbons (Fsp3) is 0.0909. The third-order valence-corrected chi connectivity index (χ3v) is 2.11. The number of aromatic nitrogens is 3. The van der Waals surface area contributed by atoms with E-state index in [2.05, 4.69) is 15.0 Å². The van der Waals surface area contributed by atoms with Crippen LogP contribution in [0.1, 0.15) is 10.5 Å². The van der Waals surface area contributed by atoms with Crippen LogP contribution in [0.5, 0.6) is 5.88 Å². The molecule has 0 aliphatic heterocycles. The van der Waals surface area contributed by atoms with Crippen LogP contribution in [0.25, 0.3) is 11.3 Å². The quantitative estimate of drug-likeness (QED) is 0.855. The van der Waals surface area contributed by atoms with Crippen LogP contribution in [0, 0.1) is 0 Å². The molecule has 0 atom stereocenters. The van der Waals surface area contributed by atoms with Gasteiger partial charge in [0.25, 0.3) is 0 Å². The van der Waals surface area contributed by atoms with Gasteiger partial charge in [0.1, 0.15) is 11.4 Å². The van der Waals surface area contributed by atoms with Crippen LogP contribution in [0.2, 0.25) is 0 Å². The topological polar surface area (TPSA) is 85.2 Å². The van der Waals surface area contributed by atoms with Crippen LogP contribution in [-0.4, -0.2) is 33.1 Å². The van der Waals surface area contributed by atoms with Crippen LogP contribution in [0.15, 0.2) is 30.7 Å². The lowest BCUT2D eigenvalue weighted by atomic mass is 10.2. The van der Waals surface area contributed by atoms with Crippen molar-refractivity contribution in [3.05, 3.63) is 36.4 Å². The van der Waals surface area contributed by atoms with E-state index in [0.29, 0.717) is 17.1 Å². The van der Waals surface area contributed by atoms with E-state index in [9.17, 15) is 4.79 Å². The summed E-state index contributed by atoms with van der Waals surface area (Å²) in [7, 11) is 1.49. The van der Waals surface area contributed by atoms with E-state index in [-0.39, 0.29) is 5.69 Å². The molecule has 6 heteroatoms. The summed E-state index contributed by atoms with van der Waals surface area (Å²) in [5.74, 6) is -0.694. The number of carboxylic acid groups (broad SMARTS) is 1. The Morgan fingerprint density at radius 2 is 2.00 bits per heavy atom. The van der Waals surface area contributed by atoms with Gasteiger partial charge in [-0.05, 0) is 12.1 Å². The lowest BCUT2D eigenvalue weighted by molar-refractivity contribution is 0.0690. The minimum absolute atomic E-state index is 0.0170. The van der Waals surface area contributed by atoms with Gasteiger partial charge in [-0.25, -0.2) is 19.7 Å². The van der Waals surface area contributed by atoms with E-state index >= 15 is 0 Å². The fourth-order valence-electron chi connectivity index (χ4n) is 1.33. The molecule has 0 saturated carbocycles. The maximum atomic E-state index is 10.7. The summed E-state index contributed by atoms with van der Waals surface area (Å²) in [6.07, 6.45) is 4.47. The summed E-state index contributed by atoms with van der Waals surface area (Å²) < 4.78 is 5.06. The van der Waals surface area contributed by atoms with Crippen molar-refractivity contribution < 1.29 is 14.6 Å². The van der Waals surface area contributed by atoms with Crippen molar-refractivity contribution in [2.45, 2.75) is 0 Å². The average Bonchev–Trinajstić information content (AvgIpc) is 2.39. The van der Waals surface area contributed by atoms with Gasteiger partial charge in [0.2, 0.25) is 5.88 Å². The molecule has 0 spiro atoms. The highest BCUT2D eigenvalue weighted by Gasteiger charge is 2.10. The number of hydrogen-bond donors (Lipinski definition) is 1. The van der Waals surface area contributed by atoms with Gasteiger partial charge < -0.3 is 9.84 Å². The van der Waals surface area contributed by atoms with Gasteiger partial charge in [-0.15, -0.1) is 0 Å². The van der Waals surface area contributed by atoms with Crippen molar-refractivity contribution in [2.24, 2.45) is 0 Å². The molecule has 0 aliphatic rings. The smallest absolute Gasteiger partial charge is 0.354 e. The molecule has 0 amide bonds. The number of ether oxygens (including phenoxy) is 1. The largest absolute Gasteiger partial charge is 0.479 e. The Kier molecular flexibility index (Phi) is 2.95. The Morgan fingerprint density at radius 1 is 1.24 bits per heavy atom. The number of hydrogen-bond acceptors (Lipinski definition) is 5. The van der Waals surface area contributed by atoms with Gasteiger partial charge >= 0.3 is 5.97 Å². The third-order valence-electron chi connectivity index (χ3n) is 2.11. The van der Waals surface area contributed by atoms with Gasteiger partial charge in [0.05, 0.1) is 7.11 Å². The molecule has 0 aromatic carbocycles. The minimum Gasteiger partial charge on any atom is -0.479 e. The van der Waals surface area contributed by atoms with E-state index in [1.165, 1.54) is 31.8 Å². The number of carbonyl (C=O) groups is 1. The fourth-order valence-corrected chi connectivity index (χ4v) is 1.33. The van der Waals surface area contributed by atoms with Crippen LogP contribution in [0.3, 0.4) is 0 Å². The normalized spacial score (nSPS) is 9.94. The van der Waals surface area contributed by atoms with Crippen LogP contribution in [-0.2, 0) is 0 Å². The predicted octanol–water partition coefficient (Wildman–Crippen LogP) is 1.25. The van der Waals surface area contributed by atoms with Crippen LogP contribution >= 0.6 is 0 Å². The number of pyridine rings is 1. The second-order valence-corrected chi connectivity index (χ2v) is 3.15. The van der Waals surface area contributed by atoms with E-state index in [1.807, 2.05) is 0 Å². The summed E-state index contributed by atoms with van der Waals surface area (Å²) in [5, 5.41) is 8.73. The summed E-state index contributed by atoms with van der Waals surface area (Å²) in [6, 6.07) is 3.02. The first-order valence-corrected chi connectivity index (χ1v) is 4.77. The second kappa shape index (κ2) is 4.56. The molecule has 2 aromatic heterocycles. The highest BCUT2D eigenvalue weighted by atomic mass is 16.5. The van der Waals surface area contributed by atoms with Crippen molar-refractivity contribution in [2.75, 3.05) is 7.11 Å². The van der Waals surface area contributed by atoms with Gasteiger partial charge in [-0.3, -0.25) is 0 Å². The summed E-state index contributed by atoms with van der Waals surface area (Å²) >= 11 is 0. The van der Waals surface area contributed by atoms with Crippen molar-refractivity contribution in [1.29, 1.82) is 0 Å². The first-order chi connectivity index (χ1) is 8.22. The van der Waals surface area contributed by atoms with Crippen molar-refractivity contribution in [3.63, 3.8) is 0 Å². The molecule has 1 N–H and O–H groups in total. The Balaban J connectivity index is 2.43. The molecule has 17 heavy (non-hydrogen) atoms. The Hall–Kier alpha value is -2.50. The number of rotatable bonds is 3. The van der Waals surface area contributed by atoms with Crippen molar-refractivity contribution in [1.82, 2.24) is 15.0 Å². The molecule has 0 unspecified atom stereocenters. The molecule has 2 rings (SSSR count). The third kappa shape index (κ3) is 2.20. The zero-order valence-corrected chi connectivity index (χ0v) is 8.99. The summed E-state index contributed by atoms with van der Waals surface area (Å²) in [4.78, 5) is 22.6. The molecule has 2 aromatic rings. The second-order valence-electron chi connectivity index (χ2n) is 3.15. The lowest BCUT2D eigenvalue weighted by Crippen LogP contribution is -2.00. The monoisotopic (exact) mass is 231 g/mol. The van der Waals surface area contributed by atoms with E-state index in [1.54, 1.807) is 6.07 Å². The minimum atomic E-state index is -1.07. The molecule has 0 aliphatic carbocycles. The molecular weight excluding hydrogens is 222 g/mol. The van der Waals surface area contributed by atoms with Gasteiger partial charge in [0.15, 0.2) is 0 Å². The zero-order chi connectivity index (χ0) is 12.3. The molecule has 0 bridgehead atoms. The van der Waals surface area contributed by atoms with Crippen LogP contribution in [0.4, 0.5) is 0 Å². The number of nitrogens with zero attached hydrogens (tertiary/aromatic N) is 3. The first-order valence-electron chi connectivity index (χ1n) is 4.77. The summed E-state index contributed by atoms with van der Waals surface area (Å²) in [5.41, 5.74) is 1.16. The molecule has 86 valence electrons. The van der Waals surface area contributed by atoms with Crippen LogP contribution < -0.4 is 4.74 Å². The Morgan fingerprint density at radius 3 is 2.59 bits per heavy atom. The highest BCUT2D eigenvalue weighted by Crippen LogP contribution is 2.24. The molecule has 0 radical (unpaired) electrons. The molecule has 2 heterocycles.